The molecule has 2 aromatic rings. The molecule has 0 aliphatic carbocycles. The molecule has 1 heterocycles. The molecule has 0 amide bonds. The normalized spacial score (nSPS) is 12.6. The molecule has 1 atom stereocenters. The van der Waals surface area contributed by atoms with Gasteiger partial charge in [0.05, 0.1) is 5.75 Å². The highest BCUT2D eigenvalue weighted by Gasteiger charge is 2.10. The fourth-order valence-corrected chi connectivity index (χ4v) is 2.66. The zero-order valence-corrected chi connectivity index (χ0v) is 13.2. The van der Waals surface area contributed by atoms with Gasteiger partial charge >= 0.3 is 0 Å². The van der Waals surface area contributed by atoms with Gasteiger partial charge in [-0.2, -0.15) is 4.98 Å². The highest BCUT2D eigenvalue weighted by molar-refractivity contribution is 7.98. The molecule has 1 unspecified atom stereocenters. The van der Waals surface area contributed by atoms with E-state index in [2.05, 4.69) is 29.3 Å². The van der Waals surface area contributed by atoms with Crippen molar-refractivity contribution in [1.29, 1.82) is 0 Å². The first-order chi connectivity index (χ1) is 9.67. The van der Waals surface area contributed by atoms with Crippen molar-refractivity contribution in [2.24, 2.45) is 0 Å². The Balaban J connectivity index is 1.85. The van der Waals surface area contributed by atoms with Gasteiger partial charge in [-0.25, -0.2) is 0 Å². The van der Waals surface area contributed by atoms with Crippen LogP contribution in [0.2, 0.25) is 5.02 Å². The molecule has 2 rings (SSSR count). The van der Waals surface area contributed by atoms with Crippen molar-refractivity contribution in [2.45, 2.75) is 37.0 Å². The van der Waals surface area contributed by atoms with Gasteiger partial charge in [0.25, 0.3) is 0 Å². The number of likely N-dealkylation sites (N-methyl/N-ethyl adjacent to an activating group) is 1. The third-order valence-electron chi connectivity index (χ3n) is 2.73. The summed E-state index contributed by atoms with van der Waals surface area (Å²) in [6.45, 7) is 5.13. The van der Waals surface area contributed by atoms with E-state index in [1.165, 1.54) is 0 Å². The van der Waals surface area contributed by atoms with Gasteiger partial charge in [0, 0.05) is 22.4 Å². The number of benzene rings is 1. The standard InChI is InChI=1S/C14H18ClN3OS/c1-3-16-10(2)8-14-17-13(18-19-14)9-20-12-6-4-11(15)5-7-12/h4-7,10,16H,3,8-9H2,1-2H3. The van der Waals surface area contributed by atoms with Gasteiger partial charge in [-0.1, -0.05) is 23.7 Å². The van der Waals surface area contributed by atoms with Crippen LogP contribution in [0, 0.1) is 0 Å². The van der Waals surface area contributed by atoms with Gasteiger partial charge in [0.15, 0.2) is 5.82 Å². The molecular formula is C14H18ClN3OS. The summed E-state index contributed by atoms with van der Waals surface area (Å²) in [4.78, 5) is 5.54. The van der Waals surface area contributed by atoms with E-state index in [4.69, 9.17) is 16.1 Å². The molecule has 0 aliphatic heterocycles. The molecular weight excluding hydrogens is 294 g/mol. The van der Waals surface area contributed by atoms with E-state index in [1.807, 2.05) is 24.3 Å². The number of hydrogen-bond donors (Lipinski definition) is 1. The Kier molecular flexibility index (Phi) is 5.88. The number of thioether (sulfide) groups is 1. The van der Waals surface area contributed by atoms with Crippen LogP contribution in [0.25, 0.3) is 0 Å². The zero-order valence-electron chi connectivity index (χ0n) is 11.6. The molecule has 1 aromatic carbocycles. The number of aromatic nitrogens is 2. The predicted molar refractivity (Wildman–Crippen MR) is 82.2 cm³/mol. The van der Waals surface area contributed by atoms with Gasteiger partial charge in [0.1, 0.15) is 0 Å². The van der Waals surface area contributed by atoms with Crippen molar-refractivity contribution in [1.82, 2.24) is 15.5 Å². The molecule has 20 heavy (non-hydrogen) atoms. The molecule has 0 fully saturated rings. The lowest BCUT2D eigenvalue weighted by Gasteiger charge is -2.07. The van der Waals surface area contributed by atoms with E-state index < -0.39 is 0 Å². The van der Waals surface area contributed by atoms with Crippen molar-refractivity contribution < 1.29 is 4.52 Å². The fraction of sp³-hybridized carbons (Fsp3) is 0.429. The minimum Gasteiger partial charge on any atom is -0.339 e. The van der Waals surface area contributed by atoms with E-state index in [9.17, 15) is 0 Å². The molecule has 4 nitrogen and oxygen atoms in total. The van der Waals surface area contributed by atoms with Gasteiger partial charge in [0.2, 0.25) is 5.89 Å². The van der Waals surface area contributed by atoms with Crippen LogP contribution in [-0.4, -0.2) is 22.7 Å². The average molecular weight is 312 g/mol. The molecule has 0 bridgehead atoms. The first-order valence-corrected chi connectivity index (χ1v) is 7.97. The zero-order chi connectivity index (χ0) is 14.4. The third-order valence-corrected chi connectivity index (χ3v) is 3.99. The van der Waals surface area contributed by atoms with Crippen molar-refractivity contribution in [3.05, 3.63) is 41.0 Å². The van der Waals surface area contributed by atoms with Crippen LogP contribution in [0.1, 0.15) is 25.6 Å². The minimum atomic E-state index is 0.345. The summed E-state index contributed by atoms with van der Waals surface area (Å²) in [5.41, 5.74) is 0. The van der Waals surface area contributed by atoms with Crippen molar-refractivity contribution in [3.63, 3.8) is 0 Å². The first kappa shape index (κ1) is 15.4. The second-order valence-electron chi connectivity index (χ2n) is 4.51. The van der Waals surface area contributed by atoms with Crippen LogP contribution in [0.4, 0.5) is 0 Å². The number of rotatable bonds is 7. The van der Waals surface area contributed by atoms with Crippen LogP contribution in [0.3, 0.4) is 0 Å². The van der Waals surface area contributed by atoms with Gasteiger partial charge in [-0.3, -0.25) is 0 Å². The summed E-state index contributed by atoms with van der Waals surface area (Å²) in [5, 5.41) is 8.07. The lowest BCUT2D eigenvalue weighted by atomic mass is 10.2. The maximum atomic E-state index is 5.85. The summed E-state index contributed by atoms with van der Waals surface area (Å²) >= 11 is 7.52. The van der Waals surface area contributed by atoms with E-state index in [1.54, 1.807) is 11.8 Å². The molecule has 0 aliphatic rings. The smallest absolute Gasteiger partial charge is 0.228 e. The second-order valence-corrected chi connectivity index (χ2v) is 5.99. The molecule has 1 N–H and O–H groups in total. The maximum absolute atomic E-state index is 5.85. The highest BCUT2D eigenvalue weighted by atomic mass is 35.5. The number of nitrogens with zero attached hydrogens (tertiary/aromatic N) is 2. The Morgan fingerprint density at radius 2 is 2.10 bits per heavy atom. The van der Waals surface area contributed by atoms with Gasteiger partial charge in [-0.05, 0) is 37.7 Å². The Bertz CT molecular complexity index is 529. The summed E-state index contributed by atoms with van der Waals surface area (Å²) in [5.74, 6) is 2.11. The molecule has 1 aromatic heterocycles. The van der Waals surface area contributed by atoms with E-state index in [0.717, 1.165) is 28.7 Å². The van der Waals surface area contributed by atoms with Crippen LogP contribution >= 0.6 is 23.4 Å². The van der Waals surface area contributed by atoms with Crippen LogP contribution in [0.15, 0.2) is 33.7 Å². The predicted octanol–water partition coefficient (Wildman–Crippen LogP) is 3.56. The Morgan fingerprint density at radius 1 is 1.35 bits per heavy atom. The topological polar surface area (TPSA) is 51.0 Å². The number of nitrogens with one attached hydrogen (secondary N) is 1. The van der Waals surface area contributed by atoms with Crippen LogP contribution < -0.4 is 5.32 Å². The van der Waals surface area contributed by atoms with Crippen molar-refractivity contribution >= 4 is 23.4 Å². The van der Waals surface area contributed by atoms with E-state index in [0.29, 0.717) is 17.7 Å². The number of hydrogen-bond acceptors (Lipinski definition) is 5. The average Bonchev–Trinajstić information content (AvgIpc) is 2.86. The Labute approximate surface area is 128 Å². The monoisotopic (exact) mass is 311 g/mol. The molecule has 0 radical (unpaired) electrons. The molecule has 0 spiro atoms. The van der Waals surface area contributed by atoms with Crippen LogP contribution in [0.5, 0.6) is 0 Å². The molecule has 108 valence electrons. The second kappa shape index (κ2) is 7.67. The number of halogens is 1. The van der Waals surface area contributed by atoms with E-state index >= 15 is 0 Å². The molecule has 6 heteroatoms. The highest BCUT2D eigenvalue weighted by Crippen LogP contribution is 2.23. The lowest BCUT2D eigenvalue weighted by Crippen LogP contribution is -2.27. The largest absolute Gasteiger partial charge is 0.339 e. The van der Waals surface area contributed by atoms with Gasteiger partial charge < -0.3 is 9.84 Å². The fourth-order valence-electron chi connectivity index (χ4n) is 1.79. The first-order valence-electron chi connectivity index (χ1n) is 6.60. The SMILES string of the molecule is CCNC(C)Cc1nc(CSc2ccc(Cl)cc2)no1. The third kappa shape index (κ3) is 4.81. The van der Waals surface area contributed by atoms with E-state index in [-0.39, 0.29) is 0 Å². The van der Waals surface area contributed by atoms with Gasteiger partial charge in [-0.15, -0.1) is 11.8 Å². The summed E-state index contributed by atoms with van der Waals surface area (Å²) < 4.78 is 5.25. The maximum Gasteiger partial charge on any atom is 0.228 e. The Morgan fingerprint density at radius 3 is 2.80 bits per heavy atom. The van der Waals surface area contributed by atoms with Crippen molar-refractivity contribution in [2.75, 3.05) is 6.54 Å². The summed E-state index contributed by atoms with van der Waals surface area (Å²) in [7, 11) is 0. The minimum absolute atomic E-state index is 0.345. The molecule has 0 saturated carbocycles. The lowest BCUT2D eigenvalue weighted by molar-refractivity contribution is 0.359. The van der Waals surface area contributed by atoms with Crippen LogP contribution in [-0.2, 0) is 12.2 Å². The summed E-state index contributed by atoms with van der Waals surface area (Å²) in [6.07, 6.45) is 0.756. The Hall–Kier alpha value is -1.04. The summed E-state index contributed by atoms with van der Waals surface area (Å²) in [6, 6.07) is 8.08. The molecule has 0 saturated heterocycles. The van der Waals surface area contributed by atoms with Crippen molar-refractivity contribution in [3.8, 4) is 0 Å². The quantitative estimate of drug-likeness (QED) is 0.792.